The van der Waals surface area contributed by atoms with E-state index in [0.29, 0.717) is 23.0 Å². The molecule has 104 valence electrons. The first-order chi connectivity index (χ1) is 9.15. The average molecular weight is 345 g/mol. The van der Waals surface area contributed by atoms with Crippen molar-refractivity contribution in [3.63, 3.8) is 0 Å². The number of ether oxygens (including phenoxy) is 1. The van der Waals surface area contributed by atoms with Gasteiger partial charge in [0.1, 0.15) is 9.54 Å². The molecule has 2 N–H and O–H groups in total. The van der Waals surface area contributed by atoms with Crippen LogP contribution in [0.4, 0.5) is 0 Å². The Labute approximate surface area is 125 Å². The van der Waals surface area contributed by atoms with Gasteiger partial charge in [0.25, 0.3) is 5.91 Å². The minimum absolute atomic E-state index is 0.0142. The van der Waals surface area contributed by atoms with Crippen molar-refractivity contribution in [2.45, 2.75) is 43.8 Å². The van der Waals surface area contributed by atoms with Gasteiger partial charge in [-0.15, -0.1) is 11.3 Å². The number of carbonyl (C=O) groups excluding carboxylic acids is 1. The molecule has 0 spiro atoms. The number of fused-ring (bicyclic) bond motifs is 2. The summed E-state index contributed by atoms with van der Waals surface area (Å²) < 4.78 is 6.05. The van der Waals surface area contributed by atoms with Gasteiger partial charge in [-0.05, 0) is 41.6 Å². The van der Waals surface area contributed by atoms with Crippen LogP contribution in [0.15, 0.2) is 9.85 Å². The largest absolute Gasteiger partial charge is 0.495 e. The summed E-state index contributed by atoms with van der Waals surface area (Å²) in [5, 5.41) is 6.74. The Balaban J connectivity index is 1.64. The lowest BCUT2D eigenvalue weighted by atomic mass is 10.00. The Morgan fingerprint density at radius 3 is 2.74 bits per heavy atom. The number of amides is 1. The molecule has 1 aromatic heterocycles. The van der Waals surface area contributed by atoms with Crippen LogP contribution < -0.4 is 15.4 Å². The number of hydrogen-bond acceptors (Lipinski definition) is 4. The van der Waals surface area contributed by atoms with E-state index in [1.165, 1.54) is 24.2 Å². The van der Waals surface area contributed by atoms with Crippen molar-refractivity contribution in [2.24, 2.45) is 0 Å². The van der Waals surface area contributed by atoms with Gasteiger partial charge in [-0.2, -0.15) is 0 Å². The molecule has 4 nitrogen and oxygen atoms in total. The molecule has 0 radical (unpaired) electrons. The summed E-state index contributed by atoms with van der Waals surface area (Å²) in [5.41, 5.74) is 0. The van der Waals surface area contributed by atoms with Gasteiger partial charge in [0.2, 0.25) is 0 Å². The molecule has 2 atom stereocenters. The van der Waals surface area contributed by atoms with Gasteiger partial charge in [0, 0.05) is 24.2 Å². The Kier molecular flexibility index (Phi) is 3.82. The zero-order valence-electron chi connectivity index (χ0n) is 10.7. The molecule has 3 heterocycles. The fraction of sp³-hybridized carbons (Fsp3) is 0.615. The van der Waals surface area contributed by atoms with Crippen LogP contribution in [0.2, 0.25) is 0 Å². The molecule has 1 amide bonds. The average Bonchev–Trinajstić information content (AvgIpc) is 2.92. The fourth-order valence-electron chi connectivity index (χ4n) is 3.03. The van der Waals surface area contributed by atoms with Crippen LogP contribution in [0.5, 0.6) is 5.75 Å². The molecule has 2 saturated heterocycles. The molecule has 0 saturated carbocycles. The highest BCUT2D eigenvalue weighted by Gasteiger charge is 2.34. The quantitative estimate of drug-likeness (QED) is 0.885. The minimum atomic E-state index is 0.0142. The van der Waals surface area contributed by atoms with Crippen LogP contribution in [-0.4, -0.2) is 31.1 Å². The molecule has 2 aliphatic rings. The number of carbonyl (C=O) groups is 1. The van der Waals surface area contributed by atoms with Gasteiger partial charge in [0.15, 0.2) is 0 Å². The van der Waals surface area contributed by atoms with Crippen molar-refractivity contribution in [1.82, 2.24) is 10.6 Å². The van der Waals surface area contributed by atoms with E-state index in [-0.39, 0.29) is 5.91 Å². The van der Waals surface area contributed by atoms with E-state index in [0.717, 1.165) is 22.4 Å². The van der Waals surface area contributed by atoms with Gasteiger partial charge >= 0.3 is 0 Å². The van der Waals surface area contributed by atoms with Crippen LogP contribution in [0.3, 0.4) is 0 Å². The molecule has 19 heavy (non-hydrogen) atoms. The highest BCUT2D eigenvalue weighted by atomic mass is 79.9. The van der Waals surface area contributed by atoms with E-state index in [1.807, 2.05) is 0 Å². The van der Waals surface area contributed by atoms with E-state index >= 15 is 0 Å². The van der Waals surface area contributed by atoms with Crippen LogP contribution in [0.1, 0.15) is 35.4 Å². The number of hydrogen-bond donors (Lipinski definition) is 2. The third-order valence-corrected chi connectivity index (χ3v) is 5.69. The standard InChI is InChI=1S/C13H17BrN2O2S/c1-18-10-6-11(19-12(10)14)13(17)16-9-4-7-2-3-8(5-9)15-7/h6-9,15H,2-5H2,1H3,(H,16,17). The van der Waals surface area contributed by atoms with Crippen LogP contribution in [0.25, 0.3) is 0 Å². The molecule has 2 fully saturated rings. The monoisotopic (exact) mass is 344 g/mol. The maximum Gasteiger partial charge on any atom is 0.261 e. The molecule has 0 aliphatic carbocycles. The zero-order valence-corrected chi connectivity index (χ0v) is 13.1. The summed E-state index contributed by atoms with van der Waals surface area (Å²) in [7, 11) is 1.61. The lowest BCUT2D eigenvalue weighted by Crippen LogP contribution is -2.47. The lowest BCUT2D eigenvalue weighted by Gasteiger charge is -2.29. The number of rotatable bonds is 3. The first-order valence-corrected chi connectivity index (χ1v) is 8.17. The second-order valence-electron chi connectivity index (χ2n) is 5.23. The number of methoxy groups -OCH3 is 1. The van der Waals surface area contributed by atoms with Crippen LogP contribution in [0, 0.1) is 0 Å². The number of piperidine rings is 1. The normalized spacial score (nSPS) is 29.3. The maximum absolute atomic E-state index is 12.2. The zero-order chi connectivity index (χ0) is 13.4. The molecular formula is C13H17BrN2O2S. The van der Waals surface area contributed by atoms with Crippen molar-refractivity contribution < 1.29 is 9.53 Å². The third kappa shape index (κ3) is 2.80. The summed E-state index contributed by atoms with van der Waals surface area (Å²) in [6.45, 7) is 0. The van der Waals surface area contributed by atoms with Crippen molar-refractivity contribution in [1.29, 1.82) is 0 Å². The Morgan fingerprint density at radius 2 is 2.16 bits per heavy atom. The Hall–Kier alpha value is -0.590. The summed E-state index contributed by atoms with van der Waals surface area (Å²) >= 11 is 4.82. The minimum Gasteiger partial charge on any atom is -0.495 e. The first-order valence-electron chi connectivity index (χ1n) is 6.56. The third-order valence-electron chi connectivity index (χ3n) is 3.91. The molecule has 2 aliphatic heterocycles. The van der Waals surface area contributed by atoms with Crippen LogP contribution >= 0.6 is 27.3 Å². The Morgan fingerprint density at radius 1 is 1.47 bits per heavy atom. The van der Waals surface area contributed by atoms with Crippen molar-refractivity contribution in [3.8, 4) is 5.75 Å². The second-order valence-corrected chi connectivity index (χ2v) is 7.60. The topological polar surface area (TPSA) is 50.4 Å². The molecule has 3 rings (SSSR count). The van der Waals surface area contributed by atoms with Gasteiger partial charge in [-0.25, -0.2) is 0 Å². The second kappa shape index (κ2) is 5.42. The van der Waals surface area contributed by atoms with Crippen molar-refractivity contribution in [2.75, 3.05) is 7.11 Å². The molecule has 2 bridgehead atoms. The summed E-state index contributed by atoms with van der Waals surface area (Å²) in [6.07, 6.45) is 4.59. The highest BCUT2D eigenvalue weighted by Crippen LogP contribution is 2.34. The van der Waals surface area contributed by atoms with Gasteiger partial charge < -0.3 is 15.4 Å². The highest BCUT2D eigenvalue weighted by molar-refractivity contribution is 9.11. The van der Waals surface area contributed by atoms with E-state index < -0.39 is 0 Å². The van der Waals surface area contributed by atoms with E-state index in [4.69, 9.17) is 4.74 Å². The predicted octanol–water partition coefficient (Wildman–Crippen LogP) is 2.53. The van der Waals surface area contributed by atoms with E-state index in [2.05, 4.69) is 26.6 Å². The first kappa shape index (κ1) is 13.4. The summed E-state index contributed by atoms with van der Waals surface area (Å²) in [5.74, 6) is 0.737. The van der Waals surface area contributed by atoms with Crippen LogP contribution in [-0.2, 0) is 0 Å². The molecule has 0 aromatic carbocycles. The summed E-state index contributed by atoms with van der Waals surface area (Å²) in [6, 6.07) is 3.28. The molecule has 2 unspecified atom stereocenters. The number of nitrogens with one attached hydrogen (secondary N) is 2. The smallest absolute Gasteiger partial charge is 0.261 e. The molecular weight excluding hydrogens is 328 g/mol. The number of thiophene rings is 1. The van der Waals surface area contributed by atoms with E-state index in [9.17, 15) is 4.79 Å². The van der Waals surface area contributed by atoms with Gasteiger partial charge in [-0.3, -0.25) is 4.79 Å². The van der Waals surface area contributed by atoms with Gasteiger partial charge in [-0.1, -0.05) is 0 Å². The number of halogens is 1. The van der Waals surface area contributed by atoms with E-state index in [1.54, 1.807) is 13.2 Å². The molecule has 6 heteroatoms. The summed E-state index contributed by atoms with van der Waals surface area (Å²) in [4.78, 5) is 12.9. The van der Waals surface area contributed by atoms with Crippen molar-refractivity contribution in [3.05, 3.63) is 14.7 Å². The predicted molar refractivity (Wildman–Crippen MR) is 79.0 cm³/mol. The van der Waals surface area contributed by atoms with Gasteiger partial charge in [0.05, 0.1) is 12.0 Å². The Bertz CT molecular complexity index is 479. The SMILES string of the molecule is COc1cc(C(=O)NC2CC3CCC(C2)N3)sc1Br. The maximum atomic E-state index is 12.2. The lowest BCUT2D eigenvalue weighted by molar-refractivity contribution is 0.0928. The fourth-order valence-corrected chi connectivity index (χ4v) is 4.59. The molecule has 1 aromatic rings. The van der Waals surface area contributed by atoms with Crippen molar-refractivity contribution >= 4 is 33.2 Å².